The molecule has 5 rings (SSSR count). The largest absolute Gasteiger partial charge is 0.507 e. The van der Waals surface area contributed by atoms with Gasteiger partial charge in [0.1, 0.15) is 5.76 Å². The number of hydrogen-bond acceptors (Lipinski definition) is 4. The number of H-pyrrole nitrogens is 1. The Bertz CT molecular complexity index is 1520. The number of aromatic nitrogens is 2. The number of Topliss-reactive ketones (excluding diaryl/α,β-unsaturated/α-hetero) is 1. The first-order valence-corrected chi connectivity index (χ1v) is 12.0. The molecule has 1 atom stereocenters. The molecule has 0 bridgehead atoms. The fourth-order valence-electron chi connectivity index (χ4n) is 4.75. The first kappa shape index (κ1) is 23.5. The van der Waals surface area contributed by atoms with Gasteiger partial charge >= 0.3 is 5.91 Å². The molecule has 2 heterocycles. The predicted octanol–water partition coefficient (Wildman–Crippen LogP) is 6.10. The standard InChI is InChI=1S/C30H29N3O3/c1-17-9-8-10-19(15-17)25-24(26(34)21-16-20(30(3,4)5)14-13-18(21)2)27(35)28(36)33(25)29-31-22-11-6-7-12-23(22)32-29/h6-16,25,34H,1-5H3,(H,31,32)/b26-24+. The molecule has 1 saturated heterocycles. The van der Waals surface area contributed by atoms with Gasteiger partial charge in [0.2, 0.25) is 5.95 Å². The van der Waals surface area contributed by atoms with Gasteiger partial charge in [-0.15, -0.1) is 0 Å². The smallest absolute Gasteiger partial charge is 0.302 e. The Labute approximate surface area is 210 Å². The molecule has 0 radical (unpaired) electrons. The Balaban J connectivity index is 1.76. The predicted molar refractivity (Wildman–Crippen MR) is 142 cm³/mol. The van der Waals surface area contributed by atoms with Crippen molar-refractivity contribution >= 4 is 34.4 Å². The molecule has 182 valence electrons. The second-order valence-corrected chi connectivity index (χ2v) is 10.4. The highest BCUT2D eigenvalue weighted by Gasteiger charge is 2.48. The van der Waals surface area contributed by atoms with Crippen LogP contribution < -0.4 is 4.90 Å². The minimum absolute atomic E-state index is 0.0558. The second-order valence-electron chi connectivity index (χ2n) is 10.4. The summed E-state index contributed by atoms with van der Waals surface area (Å²) >= 11 is 0. The van der Waals surface area contributed by atoms with Crippen molar-refractivity contribution in [2.45, 2.75) is 46.1 Å². The molecule has 0 aliphatic carbocycles. The summed E-state index contributed by atoms with van der Waals surface area (Å²) in [4.78, 5) is 36.2. The minimum atomic E-state index is -0.830. The number of carbonyl (C=O) groups excluding carboxylic acids is 2. The molecular weight excluding hydrogens is 450 g/mol. The van der Waals surface area contributed by atoms with E-state index in [0.717, 1.165) is 27.8 Å². The van der Waals surface area contributed by atoms with Gasteiger partial charge in [0, 0.05) is 5.56 Å². The number of imidazole rings is 1. The Morgan fingerprint density at radius 2 is 1.72 bits per heavy atom. The average Bonchev–Trinajstić information content (AvgIpc) is 3.36. The fraction of sp³-hybridized carbons (Fsp3) is 0.233. The number of benzene rings is 3. The van der Waals surface area contributed by atoms with Crippen LogP contribution in [0.3, 0.4) is 0 Å². The van der Waals surface area contributed by atoms with Crippen molar-refractivity contribution in [3.63, 3.8) is 0 Å². The Morgan fingerprint density at radius 1 is 0.972 bits per heavy atom. The van der Waals surface area contributed by atoms with Gasteiger partial charge in [-0.25, -0.2) is 4.98 Å². The van der Waals surface area contributed by atoms with Gasteiger partial charge in [0.05, 0.1) is 22.6 Å². The van der Waals surface area contributed by atoms with Crippen LogP contribution in [0.1, 0.15) is 54.6 Å². The van der Waals surface area contributed by atoms with E-state index in [-0.39, 0.29) is 22.7 Å². The van der Waals surface area contributed by atoms with Gasteiger partial charge in [-0.05, 0) is 54.2 Å². The highest BCUT2D eigenvalue weighted by Crippen LogP contribution is 2.42. The lowest BCUT2D eigenvalue weighted by Crippen LogP contribution is -2.30. The van der Waals surface area contributed by atoms with Crippen molar-refractivity contribution in [3.8, 4) is 0 Å². The van der Waals surface area contributed by atoms with Crippen LogP contribution in [0.25, 0.3) is 16.8 Å². The van der Waals surface area contributed by atoms with Gasteiger partial charge in [-0.3, -0.25) is 14.5 Å². The van der Waals surface area contributed by atoms with E-state index in [2.05, 4.69) is 30.7 Å². The van der Waals surface area contributed by atoms with Crippen molar-refractivity contribution < 1.29 is 14.7 Å². The van der Waals surface area contributed by atoms with Crippen LogP contribution in [0.5, 0.6) is 0 Å². The summed E-state index contributed by atoms with van der Waals surface area (Å²) in [5.74, 6) is -1.38. The van der Waals surface area contributed by atoms with Gasteiger partial charge in [-0.2, -0.15) is 0 Å². The summed E-state index contributed by atoms with van der Waals surface area (Å²) in [5.41, 5.74) is 5.43. The number of nitrogens with zero attached hydrogens (tertiary/aromatic N) is 2. The van der Waals surface area contributed by atoms with E-state index in [4.69, 9.17) is 0 Å². The highest BCUT2D eigenvalue weighted by molar-refractivity contribution is 6.51. The molecule has 1 fully saturated rings. The first-order chi connectivity index (χ1) is 17.1. The normalized spacial score (nSPS) is 17.8. The molecule has 6 heteroatoms. The number of fused-ring (bicyclic) bond motifs is 1. The zero-order valence-electron chi connectivity index (χ0n) is 21.1. The van der Waals surface area contributed by atoms with Crippen LogP contribution >= 0.6 is 0 Å². The maximum Gasteiger partial charge on any atom is 0.302 e. The van der Waals surface area contributed by atoms with Crippen LogP contribution in [-0.4, -0.2) is 26.8 Å². The third-order valence-corrected chi connectivity index (χ3v) is 6.77. The molecule has 1 unspecified atom stereocenters. The number of nitrogens with one attached hydrogen (secondary N) is 1. The third kappa shape index (κ3) is 3.88. The summed E-state index contributed by atoms with van der Waals surface area (Å²) in [7, 11) is 0. The van der Waals surface area contributed by atoms with Gasteiger partial charge in [0.15, 0.2) is 0 Å². The number of hydrogen-bond donors (Lipinski definition) is 2. The van der Waals surface area contributed by atoms with Crippen LogP contribution in [0.2, 0.25) is 0 Å². The molecule has 0 saturated carbocycles. The van der Waals surface area contributed by atoms with Gasteiger partial charge in [0.25, 0.3) is 5.78 Å². The minimum Gasteiger partial charge on any atom is -0.507 e. The second kappa shape index (κ2) is 8.48. The molecule has 1 amide bonds. The van der Waals surface area contributed by atoms with Crippen LogP contribution in [0.15, 0.2) is 72.3 Å². The van der Waals surface area contributed by atoms with Crippen molar-refractivity contribution in [1.82, 2.24) is 9.97 Å². The summed E-state index contributed by atoms with van der Waals surface area (Å²) < 4.78 is 0. The van der Waals surface area contributed by atoms with E-state index in [1.807, 2.05) is 80.6 Å². The molecule has 3 aromatic carbocycles. The van der Waals surface area contributed by atoms with Crippen LogP contribution in [0, 0.1) is 13.8 Å². The quantitative estimate of drug-likeness (QED) is 0.211. The molecule has 1 aliphatic heterocycles. The number of aryl methyl sites for hydroxylation is 2. The van der Waals surface area contributed by atoms with E-state index in [1.165, 1.54) is 4.90 Å². The number of aromatic amines is 1. The van der Waals surface area contributed by atoms with E-state index < -0.39 is 17.7 Å². The summed E-state index contributed by atoms with van der Waals surface area (Å²) in [6.45, 7) is 10.1. The number of aliphatic hydroxyl groups excluding tert-OH is 1. The van der Waals surface area contributed by atoms with Gasteiger partial charge < -0.3 is 10.1 Å². The van der Waals surface area contributed by atoms with Crippen molar-refractivity contribution in [2.24, 2.45) is 0 Å². The Morgan fingerprint density at radius 3 is 2.42 bits per heavy atom. The molecule has 1 aliphatic rings. The van der Waals surface area contributed by atoms with E-state index in [0.29, 0.717) is 11.1 Å². The molecule has 2 N–H and O–H groups in total. The Hall–Kier alpha value is -4.19. The maximum absolute atomic E-state index is 13.5. The summed E-state index contributed by atoms with van der Waals surface area (Å²) in [6.07, 6.45) is 0. The number of rotatable bonds is 3. The third-order valence-electron chi connectivity index (χ3n) is 6.77. The van der Waals surface area contributed by atoms with Gasteiger partial charge in [-0.1, -0.05) is 74.9 Å². The molecule has 36 heavy (non-hydrogen) atoms. The number of aliphatic hydroxyl groups is 1. The zero-order chi connectivity index (χ0) is 25.8. The lowest BCUT2D eigenvalue weighted by atomic mass is 9.84. The van der Waals surface area contributed by atoms with E-state index in [9.17, 15) is 14.7 Å². The lowest BCUT2D eigenvalue weighted by Gasteiger charge is -2.24. The van der Waals surface area contributed by atoms with Crippen LogP contribution in [-0.2, 0) is 15.0 Å². The van der Waals surface area contributed by atoms with Crippen molar-refractivity contribution in [2.75, 3.05) is 4.90 Å². The summed E-state index contributed by atoms with van der Waals surface area (Å²) in [6, 6.07) is 20.1. The monoisotopic (exact) mass is 479 g/mol. The SMILES string of the molecule is Cc1cccc(C2/C(=C(\O)c3cc(C(C)(C)C)ccc3C)C(=O)C(=O)N2c2nc3ccccc3[nH]2)c1. The molecular formula is C30H29N3O3. The topological polar surface area (TPSA) is 86.3 Å². The van der Waals surface area contributed by atoms with Crippen molar-refractivity contribution in [3.05, 3.63) is 100 Å². The number of para-hydroxylation sites is 2. The fourth-order valence-corrected chi connectivity index (χ4v) is 4.75. The van der Waals surface area contributed by atoms with Crippen LogP contribution in [0.4, 0.5) is 5.95 Å². The molecule has 0 spiro atoms. The first-order valence-electron chi connectivity index (χ1n) is 12.0. The van der Waals surface area contributed by atoms with E-state index >= 15 is 0 Å². The maximum atomic E-state index is 13.5. The summed E-state index contributed by atoms with van der Waals surface area (Å²) in [5, 5.41) is 11.6. The molecule has 4 aromatic rings. The number of ketones is 1. The number of amides is 1. The Kier molecular flexibility index (Phi) is 5.55. The van der Waals surface area contributed by atoms with E-state index in [1.54, 1.807) is 0 Å². The molecule has 6 nitrogen and oxygen atoms in total. The number of carbonyl (C=O) groups is 2. The lowest BCUT2D eigenvalue weighted by molar-refractivity contribution is -0.132. The molecule has 1 aromatic heterocycles. The number of anilines is 1. The zero-order valence-corrected chi connectivity index (χ0v) is 21.1. The van der Waals surface area contributed by atoms with Crippen molar-refractivity contribution in [1.29, 1.82) is 0 Å². The highest BCUT2D eigenvalue weighted by atomic mass is 16.3. The average molecular weight is 480 g/mol.